The molecule has 1 aliphatic carbocycles. The summed E-state index contributed by atoms with van der Waals surface area (Å²) in [5, 5.41) is 0. The lowest BCUT2D eigenvalue weighted by molar-refractivity contribution is -0.274. The minimum absolute atomic E-state index is 0.0344. The van der Waals surface area contributed by atoms with Crippen molar-refractivity contribution < 1.29 is 22.3 Å². The Labute approximate surface area is 146 Å². The van der Waals surface area contributed by atoms with Crippen LogP contribution in [0.4, 0.5) is 17.6 Å². The molecule has 0 bridgehead atoms. The molecule has 0 unspecified atom stereocenters. The molecule has 1 aromatic carbocycles. The molecule has 136 valence electrons. The SMILES string of the molecule is CC1(F)CC(c2ncc3ncc(-c4ccc(OC(F)(F)F)cc4)cn23)C1. The van der Waals surface area contributed by atoms with Crippen molar-refractivity contribution in [3.05, 3.63) is 48.7 Å². The van der Waals surface area contributed by atoms with Crippen molar-refractivity contribution in [2.75, 3.05) is 0 Å². The maximum absolute atomic E-state index is 13.8. The van der Waals surface area contributed by atoms with Gasteiger partial charge in [0.05, 0.1) is 6.20 Å². The van der Waals surface area contributed by atoms with Crippen LogP contribution < -0.4 is 4.74 Å². The number of aromatic nitrogens is 3. The molecule has 0 spiro atoms. The van der Waals surface area contributed by atoms with Gasteiger partial charge < -0.3 is 4.74 Å². The molecule has 1 fully saturated rings. The Hall–Kier alpha value is -2.64. The molecule has 0 aliphatic heterocycles. The minimum atomic E-state index is -4.72. The summed E-state index contributed by atoms with van der Waals surface area (Å²) in [4.78, 5) is 8.69. The normalized spacial score (nSPS) is 23.0. The van der Waals surface area contributed by atoms with E-state index in [-0.39, 0.29) is 11.7 Å². The van der Waals surface area contributed by atoms with Crippen molar-refractivity contribution in [2.45, 2.75) is 37.7 Å². The first kappa shape index (κ1) is 16.8. The number of benzene rings is 1. The zero-order valence-corrected chi connectivity index (χ0v) is 13.8. The maximum Gasteiger partial charge on any atom is 0.573 e. The Bertz CT molecular complexity index is 939. The molecule has 26 heavy (non-hydrogen) atoms. The van der Waals surface area contributed by atoms with Crippen molar-refractivity contribution >= 4 is 5.65 Å². The van der Waals surface area contributed by atoms with Crippen LogP contribution in [-0.4, -0.2) is 26.4 Å². The van der Waals surface area contributed by atoms with Gasteiger partial charge in [-0.05, 0) is 37.5 Å². The molecule has 0 amide bonds. The zero-order valence-electron chi connectivity index (χ0n) is 13.8. The fourth-order valence-electron chi connectivity index (χ4n) is 3.35. The van der Waals surface area contributed by atoms with Crippen molar-refractivity contribution in [3.8, 4) is 16.9 Å². The second-order valence-electron chi connectivity index (χ2n) is 6.78. The van der Waals surface area contributed by atoms with Crippen LogP contribution in [0, 0.1) is 0 Å². The van der Waals surface area contributed by atoms with Gasteiger partial charge in [-0.1, -0.05) is 12.1 Å². The molecule has 2 aromatic heterocycles. The van der Waals surface area contributed by atoms with Crippen LogP contribution in [0.15, 0.2) is 42.9 Å². The van der Waals surface area contributed by atoms with Gasteiger partial charge in [0, 0.05) is 23.9 Å². The summed E-state index contributed by atoms with van der Waals surface area (Å²) in [5.74, 6) is 0.504. The predicted octanol–water partition coefficient (Wildman–Crippen LogP) is 4.90. The summed E-state index contributed by atoms with van der Waals surface area (Å²) in [5.41, 5.74) is 0.902. The standard InChI is InChI=1S/C18H15F4N3O/c1-17(19)6-12(7-17)16-24-9-15-23-8-13(10-25(15)16)11-2-4-14(5-3-11)26-18(20,21)22/h2-5,8-10,12H,6-7H2,1H3. The first-order chi connectivity index (χ1) is 12.2. The van der Waals surface area contributed by atoms with Crippen molar-refractivity contribution in [1.29, 1.82) is 0 Å². The quantitative estimate of drug-likeness (QED) is 0.620. The van der Waals surface area contributed by atoms with E-state index < -0.39 is 12.0 Å². The second kappa shape index (κ2) is 5.69. The zero-order chi connectivity index (χ0) is 18.5. The lowest BCUT2D eigenvalue weighted by atomic mass is 9.73. The molecule has 8 heteroatoms. The van der Waals surface area contributed by atoms with Gasteiger partial charge in [0.2, 0.25) is 0 Å². The van der Waals surface area contributed by atoms with E-state index in [4.69, 9.17) is 0 Å². The average molecular weight is 365 g/mol. The number of rotatable bonds is 3. The molecular formula is C18H15F4N3O. The third-order valence-corrected chi connectivity index (χ3v) is 4.54. The van der Waals surface area contributed by atoms with E-state index in [1.54, 1.807) is 19.3 Å². The molecule has 0 atom stereocenters. The number of hydrogen-bond donors (Lipinski definition) is 0. The molecule has 0 N–H and O–H groups in total. The fourth-order valence-corrected chi connectivity index (χ4v) is 3.35. The first-order valence-corrected chi connectivity index (χ1v) is 8.08. The smallest absolute Gasteiger partial charge is 0.406 e. The number of hydrogen-bond acceptors (Lipinski definition) is 3. The molecular weight excluding hydrogens is 350 g/mol. The lowest BCUT2D eigenvalue weighted by Crippen LogP contribution is -2.36. The molecule has 2 heterocycles. The van der Waals surface area contributed by atoms with Crippen LogP contribution in [0.2, 0.25) is 0 Å². The number of halogens is 4. The van der Waals surface area contributed by atoms with Crippen LogP contribution >= 0.6 is 0 Å². The van der Waals surface area contributed by atoms with Gasteiger partial charge in [-0.25, -0.2) is 14.4 Å². The molecule has 4 nitrogen and oxygen atoms in total. The summed E-state index contributed by atoms with van der Waals surface area (Å²) in [6.07, 6.45) is 1.19. The highest BCUT2D eigenvalue weighted by atomic mass is 19.4. The Morgan fingerprint density at radius 1 is 1.08 bits per heavy atom. The highest BCUT2D eigenvalue weighted by molar-refractivity contribution is 5.64. The van der Waals surface area contributed by atoms with Gasteiger partial charge in [-0.3, -0.25) is 4.40 Å². The van der Waals surface area contributed by atoms with Gasteiger partial charge in [0.25, 0.3) is 0 Å². The van der Waals surface area contributed by atoms with E-state index in [1.165, 1.54) is 24.3 Å². The molecule has 0 saturated heterocycles. The fraction of sp³-hybridized carbons (Fsp3) is 0.333. The summed E-state index contributed by atoms with van der Waals surface area (Å²) in [7, 11) is 0. The Morgan fingerprint density at radius 2 is 1.77 bits per heavy atom. The monoisotopic (exact) mass is 365 g/mol. The van der Waals surface area contributed by atoms with Crippen molar-refractivity contribution in [3.63, 3.8) is 0 Å². The van der Waals surface area contributed by atoms with E-state index >= 15 is 0 Å². The Morgan fingerprint density at radius 3 is 2.38 bits per heavy atom. The van der Waals surface area contributed by atoms with E-state index in [2.05, 4.69) is 14.7 Å². The first-order valence-electron chi connectivity index (χ1n) is 8.08. The van der Waals surface area contributed by atoms with E-state index in [0.717, 1.165) is 11.4 Å². The summed E-state index contributed by atoms with van der Waals surface area (Å²) in [6.45, 7) is 1.58. The summed E-state index contributed by atoms with van der Waals surface area (Å²) in [6, 6.07) is 5.57. The van der Waals surface area contributed by atoms with E-state index in [1.807, 2.05) is 10.6 Å². The van der Waals surface area contributed by atoms with E-state index in [0.29, 0.717) is 24.1 Å². The molecule has 0 radical (unpaired) electrons. The maximum atomic E-state index is 13.8. The van der Waals surface area contributed by atoms with Crippen LogP contribution in [0.1, 0.15) is 31.5 Å². The van der Waals surface area contributed by atoms with Gasteiger partial charge in [0.15, 0.2) is 5.65 Å². The largest absolute Gasteiger partial charge is 0.573 e. The number of ether oxygens (including phenoxy) is 1. The third kappa shape index (κ3) is 3.23. The number of imidazole rings is 1. The second-order valence-corrected chi connectivity index (χ2v) is 6.78. The van der Waals surface area contributed by atoms with Crippen molar-refractivity contribution in [1.82, 2.24) is 14.4 Å². The van der Waals surface area contributed by atoms with E-state index in [9.17, 15) is 17.6 Å². The average Bonchev–Trinajstić information content (AvgIpc) is 2.94. The van der Waals surface area contributed by atoms with Crippen LogP contribution in [0.25, 0.3) is 16.8 Å². The Kier molecular flexibility index (Phi) is 3.68. The highest BCUT2D eigenvalue weighted by Crippen LogP contribution is 2.46. The van der Waals surface area contributed by atoms with Gasteiger partial charge in [-0.15, -0.1) is 13.2 Å². The van der Waals surface area contributed by atoms with Crippen LogP contribution in [0.5, 0.6) is 5.75 Å². The minimum Gasteiger partial charge on any atom is -0.406 e. The van der Waals surface area contributed by atoms with Crippen LogP contribution in [-0.2, 0) is 0 Å². The summed E-state index contributed by atoms with van der Waals surface area (Å²) >= 11 is 0. The van der Waals surface area contributed by atoms with Gasteiger partial charge in [-0.2, -0.15) is 0 Å². The molecule has 3 aromatic rings. The third-order valence-electron chi connectivity index (χ3n) is 4.54. The number of alkyl halides is 4. The Balaban J connectivity index is 1.63. The molecule has 1 saturated carbocycles. The topological polar surface area (TPSA) is 39.4 Å². The predicted molar refractivity (Wildman–Crippen MR) is 86.6 cm³/mol. The number of fused-ring (bicyclic) bond motifs is 1. The lowest BCUT2D eigenvalue weighted by Gasteiger charge is -2.37. The number of nitrogens with zero attached hydrogens (tertiary/aromatic N) is 3. The summed E-state index contributed by atoms with van der Waals surface area (Å²) < 4.78 is 56.2. The van der Waals surface area contributed by atoms with Gasteiger partial charge >= 0.3 is 6.36 Å². The highest BCUT2D eigenvalue weighted by Gasteiger charge is 2.43. The van der Waals surface area contributed by atoms with Crippen molar-refractivity contribution in [2.24, 2.45) is 0 Å². The molecule has 4 rings (SSSR count). The molecule has 1 aliphatic rings. The van der Waals surface area contributed by atoms with Gasteiger partial charge in [0.1, 0.15) is 17.2 Å². The van der Waals surface area contributed by atoms with Crippen LogP contribution in [0.3, 0.4) is 0 Å².